The molecule has 2 heterocycles. The minimum absolute atomic E-state index is 0.186. The molecule has 3 aromatic rings. The maximum atomic E-state index is 13.1. The van der Waals surface area contributed by atoms with Crippen LogP contribution in [-0.4, -0.2) is 38.8 Å². The lowest BCUT2D eigenvalue weighted by Crippen LogP contribution is -2.28. The second-order valence-electron chi connectivity index (χ2n) is 10.5. The molecule has 0 saturated carbocycles. The number of fused-ring (bicyclic) bond motifs is 1. The Kier molecular flexibility index (Phi) is 5.83. The molecule has 0 N–H and O–H groups in total. The molecule has 0 radical (unpaired) electrons. The molecule has 6 nitrogen and oxygen atoms in total. The monoisotopic (exact) mass is 448 g/mol. The summed E-state index contributed by atoms with van der Waals surface area (Å²) >= 11 is 0. The predicted octanol–water partition coefficient (Wildman–Crippen LogP) is 5.69. The van der Waals surface area contributed by atoms with Gasteiger partial charge < -0.3 is 9.47 Å². The van der Waals surface area contributed by atoms with Crippen LogP contribution in [0.4, 0.5) is 4.79 Å². The van der Waals surface area contributed by atoms with Gasteiger partial charge in [-0.25, -0.2) is 4.79 Å². The number of esters is 1. The van der Waals surface area contributed by atoms with Gasteiger partial charge in [-0.05, 0) is 58.7 Å². The van der Waals surface area contributed by atoms with E-state index in [2.05, 4.69) is 4.90 Å². The Labute approximate surface area is 195 Å². The fraction of sp³-hybridized carbons (Fsp3) is 0.407. The van der Waals surface area contributed by atoms with E-state index >= 15 is 0 Å². The van der Waals surface area contributed by atoms with Crippen LogP contribution >= 0.6 is 0 Å². The third-order valence-electron chi connectivity index (χ3n) is 5.43. The molecule has 0 spiro atoms. The van der Waals surface area contributed by atoms with Crippen molar-refractivity contribution in [2.45, 2.75) is 71.4 Å². The highest BCUT2D eigenvalue weighted by Gasteiger charge is 2.55. The smallest absolute Gasteiger partial charge is 0.419 e. The van der Waals surface area contributed by atoms with E-state index in [1.54, 1.807) is 4.57 Å². The molecule has 6 heteroatoms. The van der Waals surface area contributed by atoms with E-state index in [-0.39, 0.29) is 12.0 Å². The lowest BCUT2D eigenvalue weighted by atomic mass is 10.1. The zero-order valence-electron chi connectivity index (χ0n) is 20.2. The summed E-state index contributed by atoms with van der Waals surface area (Å²) in [5, 5.41) is 0.928. The van der Waals surface area contributed by atoms with Crippen molar-refractivity contribution in [1.29, 1.82) is 0 Å². The fourth-order valence-corrected chi connectivity index (χ4v) is 4.15. The van der Waals surface area contributed by atoms with Crippen LogP contribution < -0.4 is 0 Å². The molecule has 0 aliphatic carbocycles. The fourth-order valence-electron chi connectivity index (χ4n) is 4.15. The number of ether oxygens (including phenoxy) is 2. The van der Waals surface area contributed by atoms with Gasteiger partial charge in [-0.1, -0.05) is 48.5 Å². The van der Waals surface area contributed by atoms with Crippen molar-refractivity contribution in [3.05, 3.63) is 71.9 Å². The molecule has 1 unspecified atom stereocenters. The van der Waals surface area contributed by atoms with Gasteiger partial charge in [-0.15, -0.1) is 0 Å². The van der Waals surface area contributed by atoms with Crippen LogP contribution in [0.3, 0.4) is 0 Å². The van der Waals surface area contributed by atoms with Crippen LogP contribution in [0.2, 0.25) is 0 Å². The maximum Gasteiger partial charge on any atom is 0.419 e. The van der Waals surface area contributed by atoms with Crippen molar-refractivity contribution in [1.82, 2.24) is 9.47 Å². The first-order valence-electron chi connectivity index (χ1n) is 11.3. The molecule has 0 bridgehead atoms. The standard InChI is InChI=1S/C27H32N2O4/c1-26(2,3)32-24(30)23-22(29(23)16-18-12-8-7-9-13-18)20-17-28(25(31)33-27(4,5)6)21-15-11-10-14-19(20)21/h7-15,17,22-23H,16H2,1-6H3/t22-,23-,29?/m1/s1. The van der Waals surface area contributed by atoms with Crippen LogP contribution in [0.15, 0.2) is 60.8 Å². The molecule has 174 valence electrons. The summed E-state index contributed by atoms with van der Waals surface area (Å²) in [5.74, 6) is -0.252. The second kappa shape index (κ2) is 8.34. The van der Waals surface area contributed by atoms with Crippen LogP contribution in [0.1, 0.15) is 58.7 Å². The van der Waals surface area contributed by atoms with Gasteiger partial charge in [0.1, 0.15) is 17.2 Å². The molecule has 1 fully saturated rings. The summed E-state index contributed by atoms with van der Waals surface area (Å²) in [6.07, 6.45) is 1.38. The lowest BCUT2D eigenvalue weighted by Gasteiger charge is -2.19. The van der Waals surface area contributed by atoms with Crippen LogP contribution in [0.25, 0.3) is 10.9 Å². The third kappa shape index (κ3) is 5.11. The molecule has 1 saturated heterocycles. The Morgan fingerprint density at radius 1 is 0.848 bits per heavy atom. The topological polar surface area (TPSA) is 60.5 Å². The average molecular weight is 449 g/mol. The number of aromatic nitrogens is 1. The highest BCUT2D eigenvalue weighted by atomic mass is 16.6. The van der Waals surface area contributed by atoms with E-state index in [4.69, 9.17) is 9.47 Å². The minimum Gasteiger partial charge on any atom is -0.459 e. The van der Waals surface area contributed by atoms with Crippen molar-refractivity contribution in [2.24, 2.45) is 0 Å². The van der Waals surface area contributed by atoms with E-state index < -0.39 is 23.3 Å². The first kappa shape index (κ1) is 23.1. The molecular formula is C27H32N2O4. The predicted molar refractivity (Wildman–Crippen MR) is 128 cm³/mol. The van der Waals surface area contributed by atoms with Gasteiger partial charge in [0.2, 0.25) is 0 Å². The van der Waals surface area contributed by atoms with Crippen molar-refractivity contribution < 1.29 is 19.1 Å². The maximum absolute atomic E-state index is 13.1. The second-order valence-corrected chi connectivity index (χ2v) is 10.5. The van der Waals surface area contributed by atoms with Gasteiger partial charge in [0.05, 0.1) is 11.6 Å². The number of carbonyl (C=O) groups is 2. The molecule has 1 aliphatic heterocycles. The number of hydrogen-bond acceptors (Lipinski definition) is 5. The van der Waals surface area contributed by atoms with E-state index in [0.29, 0.717) is 6.54 Å². The molecule has 4 rings (SSSR count). The Morgan fingerprint density at radius 3 is 2.09 bits per heavy atom. The molecular weight excluding hydrogens is 416 g/mol. The molecule has 2 aromatic carbocycles. The Bertz CT molecular complexity index is 1170. The highest BCUT2D eigenvalue weighted by Crippen LogP contribution is 2.48. The summed E-state index contributed by atoms with van der Waals surface area (Å²) in [4.78, 5) is 28.2. The summed E-state index contributed by atoms with van der Waals surface area (Å²) in [7, 11) is 0. The van der Waals surface area contributed by atoms with E-state index in [9.17, 15) is 9.59 Å². The van der Waals surface area contributed by atoms with Gasteiger partial charge in [0.15, 0.2) is 0 Å². The average Bonchev–Trinajstić information content (AvgIpc) is 3.27. The number of nitrogens with zero attached hydrogens (tertiary/aromatic N) is 2. The SMILES string of the molecule is CC(C)(C)OC(=O)[C@H]1[C@@H](c2cn(C(=O)OC(C)(C)C)c3ccccc23)N1Cc1ccccc1. The number of hydrogen-bond donors (Lipinski definition) is 0. The Morgan fingerprint density at radius 2 is 1.45 bits per heavy atom. The summed E-state index contributed by atoms with van der Waals surface area (Å²) in [6, 6.07) is 17.2. The first-order chi connectivity index (χ1) is 15.4. The number of rotatable bonds is 4. The van der Waals surface area contributed by atoms with E-state index in [0.717, 1.165) is 22.0 Å². The van der Waals surface area contributed by atoms with Crippen molar-refractivity contribution in [2.75, 3.05) is 0 Å². The Hall–Kier alpha value is -3.12. The largest absolute Gasteiger partial charge is 0.459 e. The third-order valence-corrected chi connectivity index (χ3v) is 5.43. The highest BCUT2D eigenvalue weighted by molar-refractivity contribution is 5.94. The number of carbonyl (C=O) groups excluding carboxylic acids is 2. The molecule has 1 aliphatic rings. The normalized spacial score (nSPS) is 20.5. The van der Waals surface area contributed by atoms with Crippen LogP contribution in [0.5, 0.6) is 0 Å². The summed E-state index contributed by atoms with van der Waals surface area (Å²) in [6.45, 7) is 11.8. The number of para-hydroxylation sites is 1. The summed E-state index contributed by atoms with van der Waals surface area (Å²) in [5.41, 5.74) is 1.61. The number of benzene rings is 2. The van der Waals surface area contributed by atoms with Crippen molar-refractivity contribution in [3.63, 3.8) is 0 Å². The lowest BCUT2D eigenvalue weighted by molar-refractivity contribution is -0.155. The first-order valence-corrected chi connectivity index (χ1v) is 11.3. The van der Waals surface area contributed by atoms with Gasteiger partial charge >= 0.3 is 12.1 Å². The zero-order valence-corrected chi connectivity index (χ0v) is 20.2. The zero-order chi connectivity index (χ0) is 24.0. The summed E-state index contributed by atoms with van der Waals surface area (Å²) < 4.78 is 12.9. The van der Waals surface area contributed by atoms with Gasteiger partial charge in [-0.2, -0.15) is 0 Å². The van der Waals surface area contributed by atoms with E-state index in [1.807, 2.05) is 102 Å². The molecule has 33 heavy (non-hydrogen) atoms. The molecule has 1 aromatic heterocycles. The van der Waals surface area contributed by atoms with Crippen molar-refractivity contribution >= 4 is 23.0 Å². The van der Waals surface area contributed by atoms with Crippen molar-refractivity contribution in [3.8, 4) is 0 Å². The van der Waals surface area contributed by atoms with Gasteiger partial charge in [-0.3, -0.25) is 14.3 Å². The quantitative estimate of drug-likeness (QED) is 0.379. The van der Waals surface area contributed by atoms with Gasteiger partial charge in [0.25, 0.3) is 0 Å². The molecule has 0 amide bonds. The van der Waals surface area contributed by atoms with Crippen LogP contribution in [0, 0.1) is 0 Å². The van der Waals surface area contributed by atoms with Crippen LogP contribution in [-0.2, 0) is 20.8 Å². The van der Waals surface area contributed by atoms with E-state index in [1.165, 1.54) is 0 Å². The van der Waals surface area contributed by atoms with Gasteiger partial charge in [0, 0.05) is 18.1 Å². The Balaban J connectivity index is 1.72. The minimum atomic E-state index is -0.611. The molecule has 3 atom stereocenters.